The highest BCUT2D eigenvalue weighted by Crippen LogP contribution is 2.23. The van der Waals surface area contributed by atoms with Gasteiger partial charge in [-0.2, -0.15) is 5.26 Å². The average Bonchev–Trinajstić information content (AvgIpc) is 2.66. The summed E-state index contributed by atoms with van der Waals surface area (Å²) in [6, 6.07) is 14.3. The Morgan fingerprint density at radius 1 is 1.23 bits per heavy atom. The number of carbonyl (C=O) groups is 1. The first kappa shape index (κ1) is 19.4. The van der Waals surface area contributed by atoms with Crippen LogP contribution in [0, 0.1) is 17.1 Å². The first-order valence-corrected chi connectivity index (χ1v) is 8.01. The summed E-state index contributed by atoms with van der Waals surface area (Å²) in [7, 11) is 0. The van der Waals surface area contributed by atoms with E-state index >= 15 is 0 Å². The number of ether oxygens (including phenoxy) is 1. The van der Waals surface area contributed by atoms with E-state index in [2.05, 4.69) is 5.32 Å². The van der Waals surface area contributed by atoms with Gasteiger partial charge < -0.3 is 20.3 Å². The Bertz CT molecular complexity index is 777. The van der Waals surface area contributed by atoms with Crippen LogP contribution in [0.5, 0.6) is 0 Å². The second-order valence-corrected chi connectivity index (χ2v) is 5.63. The minimum Gasteiger partial charge on any atom is -0.445 e. The van der Waals surface area contributed by atoms with E-state index in [4.69, 9.17) is 10.00 Å². The summed E-state index contributed by atoms with van der Waals surface area (Å²) in [6.07, 6.45) is -3.21. The zero-order chi connectivity index (χ0) is 18.9. The molecule has 0 radical (unpaired) electrons. The molecule has 0 bridgehead atoms. The summed E-state index contributed by atoms with van der Waals surface area (Å²) in [5, 5.41) is 31.6. The lowest BCUT2D eigenvalue weighted by Crippen LogP contribution is -2.30. The van der Waals surface area contributed by atoms with Gasteiger partial charge in [-0.15, -0.1) is 0 Å². The number of nitriles is 1. The van der Waals surface area contributed by atoms with Gasteiger partial charge in [0.25, 0.3) is 0 Å². The molecule has 0 aliphatic heterocycles. The Morgan fingerprint density at radius 3 is 2.65 bits per heavy atom. The summed E-state index contributed by atoms with van der Waals surface area (Å²) < 4.78 is 18.2. The van der Waals surface area contributed by atoms with Crippen molar-refractivity contribution in [3.05, 3.63) is 71.0 Å². The van der Waals surface area contributed by atoms with E-state index in [0.717, 1.165) is 17.7 Å². The predicted octanol–water partition coefficient (Wildman–Crippen LogP) is 2.41. The van der Waals surface area contributed by atoms with Crippen LogP contribution in [0.1, 0.15) is 29.2 Å². The van der Waals surface area contributed by atoms with Gasteiger partial charge in [-0.05, 0) is 24.1 Å². The van der Waals surface area contributed by atoms with Gasteiger partial charge in [-0.25, -0.2) is 9.18 Å². The van der Waals surface area contributed by atoms with Crippen molar-refractivity contribution in [2.45, 2.75) is 25.2 Å². The Balaban J connectivity index is 1.78. The smallest absolute Gasteiger partial charge is 0.407 e. The van der Waals surface area contributed by atoms with Crippen LogP contribution in [0.3, 0.4) is 0 Å². The number of rotatable bonds is 7. The van der Waals surface area contributed by atoms with Crippen LogP contribution >= 0.6 is 0 Å². The average molecular weight is 358 g/mol. The van der Waals surface area contributed by atoms with E-state index in [9.17, 15) is 19.4 Å². The molecule has 0 aromatic heterocycles. The van der Waals surface area contributed by atoms with Crippen molar-refractivity contribution in [3.8, 4) is 6.07 Å². The quantitative estimate of drug-likeness (QED) is 0.705. The van der Waals surface area contributed by atoms with Crippen LogP contribution in [-0.4, -0.2) is 29.0 Å². The molecule has 0 heterocycles. The van der Waals surface area contributed by atoms with Crippen LogP contribution in [0.15, 0.2) is 48.5 Å². The standard InChI is InChI=1S/C19H19FN2O4/c20-15-6-7-16(14(10-15)11-21)18(24)17(23)8-9-22-19(25)26-12-13-4-2-1-3-5-13/h1-7,10,17-18,23-24H,8-9,12H2,(H,22,25). The largest absolute Gasteiger partial charge is 0.445 e. The summed E-state index contributed by atoms with van der Waals surface area (Å²) in [5.41, 5.74) is 0.929. The molecule has 2 atom stereocenters. The van der Waals surface area contributed by atoms with Crippen LogP contribution in [0.4, 0.5) is 9.18 Å². The van der Waals surface area contributed by atoms with Crippen LogP contribution in [-0.2, 0) is 11.3 Å². The molecule has 0 aliphatic carbocycles. The molecule has 136 valence electrons. The van der Waals surface area contributed by atoms with Crippen molar-refractivity contribution in [1.82, 2.24) is 5.32 Å². The molecule has 0 fully saturated rings. The van der Waals surface area contributed by atoms with Crippen molar-refractivity contribution >= 4 is 6.09 Å². The lowest BCUT2D eigenvalue weighted by molar-refractivity contribution is 0.0134. The fourth-order valence-corrected chi connectivity index (χ4v) is 2.34. The summed E-state index contributed by atoms with van der Waals surface area (Å²) in [5.74, 6) is -0.602. The molecule has 2 aromatic carbocycles. The number of halogens is 1. The van der Waals surface area contributed by atoms with Gasteiger partial charge in [0.2, 0.25) is 0 Å². The maximum atomic E-state index is 13.1. The van der Waals surface area contributed by atoms with Crippen LogP contribution in [0.25, 0.3) is 0 Å². The third-order valence-electron chi connectivity index (χ3n) is 3.74. The maximum absolute atomic E-state index is 13.1. The van der Waals surface area contributed by atoms with E-state index in [1.807, 2.05) is 30.3 Å². The molecular weight excluding hydrogens is 339 g/mol. The first-order chi connectivity index (χ1) is 12.5. The topological polar surface area (TPSA) is 103 Å². The SMILES string of the molecule is N#Cc1cc(F)ccc1C(O)C(O)CCNC(=O)OCc1ccccc1. The molecule has 7 heteroatoms. The summed E-state index contributed by atoms with van der Waals surface area (Å²) in [4.78, 5) is 11.6. The molecular formula is C19H19FN2O4. The van der Waals surface area contributed by atoms with E-state index in [1.165, 1.54) is 6.07 Å². The fraction of sp³-hybridized carbons (Fsp3) is 0.263. The number of nitrogens with zero attached hydrogens (tertiary/aromatic N) is 1. The number of nitrogens with one attached hydrogen (secondary N) is 1. The van der Waals surface area contributed by atoms with Gasteiger partial charge >= 0.3 is 6.09 Å². The summed E-state index contributed by atoms with van der Waals surface area (Å²) in [6.45, 7) is 0.188. The lowest BCUT2D eigenvalue weighted by atomic mass is 9.97. The Hall–Kier alpha value is -2.95. The second kappa shape index (κ2) is 9.51. The third kappa shape index (κ3) is 5.55. The highest BCUT2D eigenvalue weighted by Gasteiger charge is 2.21. The van der Waals surface area contributed by atoms with Crippen molar-refractivity contribution in [1.29, 1.82) is 5.26 Å². The molecule has 0 saturated heterocycles. The van der Waals surface area contributed by atoms with Gasteiger partial charge in [0, 0.05) is 12.1 Å². The maximum Gasteiger partial charge on any atom is 0.407 e. The normalized spacial score (nSPS) is 12.7. The van der Waals surface area contributed by atoms with Gasteiger partial charge in [-0.1, -0.05) is 36.4 Å². The minimum atomic E-state index is -1.37. The first-order valence-electron chi connectivity index (χ1n) is 8.01. The van der Waals surface area contributed by atoms with Gasteiger partial charge in [0.05, 0.1) is 17.7 Å². The number of aliphatic hydroxyl groups is 2. The Morgan fingerprint density at radius 2 is 1.96 bits per heavy atom. The Kier molecular flexibility index (Phi) is 7.09. The van der Waals surface area contributed by atoms with Crippen molar-refractivity contribution < 1.29 is 24.1 Å². The molecule has 26 heavy (non-hydrogen) atoms. The number of alkyl carbamates (subject to hydrolysis) is 1. The van der Waals surface area contributed by atoms with Gasteiger partial charge in [-0.3, -0.25) is 0 Å². The van der Waals surface area contributed by atoms with E-state index in [1.54, 1.807) is 6.07 Å². The highest BCUT2D eigenvalue weighted by atomic mass is 19.1. The number of amides is 1. The molecule has 3 N–H and O–H groups in total. The molecule has 1 amide bonds. The highest BCUT2D eigenvalue weighted by molar-refractivity contribution is 5.67. The number of hydrogen-bond acceptors (Lipinski definition) is 5. The van der Waals surface area contributed by atoms with E-state index < -0.39 is 24.1 Å². The van der Waals surface area contributed by atoms with Crippen molar-refractivity contribution in [3.63, 3.8) is 0 Å². The van der Waals surface area contributed by atoms with E-state index in [-0.39, 0.29) is 30.7 Å². The number of carbonyl (C=O) groups excluding carboxylic acids is 1. The van der Waals surface area contributed by atoms with Crippen molar-refractivity contribution in [2.75, 3.05) is 6.54 Å². The molecule has 0 spiro atoms. The summed E-state index contributed by atoms with van der Waals surface area (Å²) >= 11 is 0. The van der Waals surface area contributed by atoms with Crippen molar-refractivity contribution in [2.24, 2.45) is 0 Å². The van der Waals surface area contributed by atoms with Gasteiger partial charge in [0.15, 0.2) is 0 Å². The monoisotopic (exact) mass is 358 g/mol. The number of aliphatic hydroxyl groups excluding tert-OH is 2. The molecule has 2 unspecified atom stereocenters. The number of benzene rings is 2. The van der Waals surface area contributed by atoms with Crippen LogP contribution in [0.2, 0.25) is 0 Å². The Labute approximate surface area is 150 Å². The molecule has 0 aliphatic rings. The third-order valence-corrected chi connectivity index (χ3v) is 3.74. The molecule has 6 nitrogen and oxygen atoms in total. The van der Waals surface area contributed by atoms with Gasteiger partial charge in [0.1, 0.15) is 18.5 Å². The number of hydrogen-bond donors (Lipinski definition) is 3. The molecule has 0 saturated carbocycles. The minimum absolute atomic E-state index is 0.0316. The predicted molar refractivity (Wildman–Crippen MR) is 91.3 cm³/mol. The van der Waals surface area contributed by atoms with E-state index in [0.29, 0.717) is 0 Å². The lowest BCUT2D eigenvalue weighted by Gasteiger charge is -2.19. The zero-order valence-electron chi connectivity index (χ0n) is 13.9. The zero-order valence-corrected chi connectivity index (χ0v) is 13.9. The fourth-order valence-electron chi connectivity index (χ4n) is 2.34. The van der Waals surface area contributed by atoms with Crippen LogP contribution < -0.4 is 5.32 Å². The molecule has 2 aromatic rings. The second-order valence-electron chi connectivity index (χ2n) is 5.63. The molecule has 2 rings (SSSR count).